The molecule has 5 atom stereocenters. The van der Waals surface area contributed by atoms with Gasteiger partial charge in [0.05, 0.1) is 18.1 Å². The van der Waals surface area contributed by atoms with Gasteiger partial charge in [0.2, 0.25) is 0 Å². The predicted molar refractivity (Wildman–Crippen MR) is 101 cm³/mol. The highest BCUT2D eigenvalue weighted by atomic mass is 16.6. The van der Waals surface area contributed by atoms with Crippen molar-refractivity contribution in [2.75, 3.05) is 0 Å². The molecule has 146 valence electrons. The van der Waals surface area contributed by atoms with Gasteiger partial charge in [-0.2, -0.15) is 0 Å². The highest BCUT2D eigenvalue weighted by Crippen LogP contribution is 2.43. The van der Waals surface area contributed by atoms with Gasteiger partial charge < -0.3 is 14.6 Å². The minimum absolute atomic E-state index is 0.00478. The Morgan fingerprint density at radius 2 is 2.11 bits per heavy atom. The number of benzene rings is 1. The number of hydrogen-bond acceptors (Lipinski definition) is 5. The number of aliphatic hydroxyl groups is 1. The average Bonchev–Trinajstić information content (AvgIpc) is 3.16. The van der Waals surface area contributed by atoms with E-state index in [9.17, 15) is 14.7 Å². The molecule has 0 radical (unpaired) electrons. The Morgan fingerprint density at radius 1 is 1.33 bits per heavy atom. The summed E-state index contributed by atoms with van der Waals surface area (Å²) < 4.78 is 11.1. The van der Waals surface area contributed by atoms with E-state index in [1.54, 1.807) is 30.3 Å². The molecule has 1 N–H and O–H groups in total. The lowest BCUT2D eigenvalue weighted by molar-refractivity contribution is -0.141. The van der Waals surface area contributed by atoms with Crippen LogP contribution in [0.15, 0.2) is 42.5 Å². The van der Waals surface area contributed by atoms with Crippen molar-refractivity contribution in [2.45, 2.75) is 63.8 Å². The number of hydrogen-bond donors (Lipinski definition) is 1. The fourth-order valence-corrected chi connectivity index (χ4v) is 4.03. The molecule has 0 aromatic heterocycles. The van der Waals surface area contributed by atoms with Gasteiger partial charge >= 0.3 is 11.9 Å². The summed E-state index contributed by atoms with van der Waals surface area (Å²) >= 11 is 0. The van der Waals surface area contributed by atoms with Crippen molar-refractivity contribution in [3.05, 3.63) is 48.0 Å². The monoisotopic (exact) mass is 372 g/mol. The van der Waals surface area contributed by atoms with Crippen molar-refractivity contribution in [3.63, 3.8) is 0 Å². The number of fused-ring (bicyclic) bond motifs is 1. The van der Waals surface area contributed by atoms with Crippen molar-refractivity contribution in [1.82, 2.24) is 0 Å². The van der Waals surface area contributed by atoms with Crippen LogP contribution in [0.4, 0.5) is 0 Å². The Balaban J connectivity index is 1.66. The van der Waals surface area contributed by atoms with Crippen molar-refractivity contribution in [3.8, 4) is 0 Å². The molecule has 1 saturated carbocycles. The van der Waals surface area contributed by atoms with Crippen LogP contribution in [0.3, 0.4) is 0 Å². The van der Waals surface area contributed by atoms with Crippen LogP contribution in [0.5, 0.6) is 0 Å². The third-order valence-electron chi connectivity index (χ3n) is 5.48. The zero-order chi connectivity index (χ0) is 19.2. The third kappa shape index (κ3) is 4.98. The Kier molecular flexibility index (Phi) is 6.67. The van der Waals surface area contributed by atoms with Crippen molar-refractivity contribution in [1.29, 1.82) is 0 Å². The molecule has 1 heterocycles. The normalized spacial score (nSPS) is 28.1. The van der Waals surface area contributed by atoms with Crippen LogP contribution in [0.1, 0.15) is 55.8 Å². The lowest BCUT2D eigenvalue weighted by atomic mass is 9.91. The molecule has 3 rings (SSSR count). The maximum atomic E-state index is 12.4. The van der Waals surface area contributed by atoms with Crippen LogP contribution >= 0.6 is 0 Å². The first-order valence-electron chi connectivity index (χ1n) is 9.90. The average molecular weight is 372 g/mol. The van der Waals surface area contributed by atoms with Gasteiger partial charge in [0, 0.05) is 18.3 Å². The summed E-state index contributed by atoms with van der Waals surface area (Å²) in [5.41, 5.74) is 0.508. The van der Waals surface area contributed by atoms with E-state index >= 15 is 0 Å². The quantitative estimate of drug-likeness (QED) is 0.428. The van der Waals surface area contributed by atoms with Crippen LogP contribution < -0.4 is 0 Å². The molecule has 4 unspecified atom stereocenters. The molecule has 5 heteroatoms. The van der Waals surface area contributed by atoms with Crippen LogP contribution in [0.2, 0.25) is 0 Å². The van der Waals surface area contributed by atoms with Crippen LogP contribution in [-0.2, 0) is 14.3 Å². The highest BCUT2D eigenvalue weighted by Gasteiger charge is 2.50. The van der Waals surface area contributed by atoms with Gasteiger partial charge in [-0.15, -0.1) is 0 Å². The number of esters is 2. The zero-order valence-corrected chi connectivity index (χ0v) is 15.8. The second-order valence-electron chi connectivity index (χ2n) is 7.47. The van der Waals surface area contributed by atoms with Crippen molar-refractivity contribution < 1.29 is 24.2 Å². The minimum Gasteiger partial charge on any atom is -0.462 e. The molecular formula is C22H28O5. The van der Waals surface area contributed by atoms with Gasteiger partial charge in [0.15, 0.2) is 0 Å². The molecule has 0 bridgehead atoms. The lowest BCUT2D eigenvalue weighted by Crippen LogP contribution is -2.25. The third-order valence-corrected chi connectivity index (χ3v) is 5.48. The van der Waals surface area contributed by atoms with E-state index in [4.69, 9.17) is 9.47 Å². The van der Waals surface area contributed by atoms with Gasteiger partial charge in [-0.05, 0) is 18.6 Å². The van der Waals surface area contributed by atoms with Crippen molar-refractivity contribution >= 4 is 11.9 Å². The molecule has 1 aromatic carbocycles. The molecule has 0 amide bonds. The smallest absolute Gasteiger partial charge is 0.338 e. The molecule has 1 aromatic rings. The van der Waals surface area contributed by atoms with E-state index in [0.717, 1.165) is 25.7 Å². The number of rotatable bonds is 8. The molecule has 0 spiro atoms. The Labute approximate surface area is 160 Å². The van der Waals surface area contributed by atoms with Gasteiger partial charge in [0.1, 0.15) is 12.2 Å². The molecule has 27 heavy (non-hydrogen) atoms. The fraction of sp³-hybridized carbons (Fsp3) is 0.545. The van der Waals surface area contributed by atoms with Crippen molar-refractivity contribution in [2.24, 2.45) is 11.8 Å². The summed E-state index contributed by atoms with van der Waals surface area (Å²) in [7, 11) is 0. The van der Waals surface area contributed by atoms with E-state index in [0.29, 0.717) is 18.4 Å². The summed E-state index contributed by atoms with van der Waals surface area (Å²) in [6.45, 7) is 2.13. The molecule has 5 nitrogen and oxygen atoms in total. The van der Waals surface area contributed by atoms with E-state index in [1.807, 2.05) is 12.1 Å². The zero-order valence-electron chi connectivity index (χ0n) is 15.8. The molecule has 2 fully saturated rings. The maximum Gasteiger partial charge on any atom is 0.338 e. The second kappa shape index (κ2) is 9.18. The standard InChI is InChI=1S/C22H28O5/c1-2-3-5-10-16(23)11-12-17-18-13-21(24)26-20(18)14-19(17)27-22(25)15-8-6-4-7-9-15/h4,6-9,11-12,16-20,23H,2-3,5,10,13-14H2,1H3/b12-11+/t16-,17?,18?,19?,20?/m1/s1. The Morgan fingerprint density at radius 3 is 2.85 bits per heavy atom. The lowest BCUT2D eigenvalue weighted by Gasteiger charge is -2.20. The van der Waals surface area contributed by atoms with Crippen LogP contribution in [0.25, 0.3) is 0 Å². The van der Waals surface area contributed by atoms with Gasteiger partial charge in [-0.3, -0.25) is 4.79 Å². The predicted octanol–water partition coefficient (Wildman–Crippen LogP) is 3.66. The first-order chi connectivity index (χ1) is 13.1. The first-order valence-corrected chi connectivity index (χ1v) is 9.90. The largest absolute Gasteiger partial charge is 0.462 e. The van der Waals surface area contributed by atoms with Crippen LogP contribution in [0, 0.1) is 11.8 Å². The molecule has 1 aliphatic heterocycles. The van der Waals surface area contributed by atoms with E-state index in [-0.39, 0.29) is 36.0 Å². The fourth-order valence-electron chi connectivity index (χ4n) is 4.03. The minimum atomic E-state index is -0.515. The topological polar surface area (TPSA) is 72.8 Å². The summed E-state index contributed by atoms with van der Waals surface area (Å²) in [6, 6.07) is 8.89. The molecular weight excluding hydrogens is 344 g/mol. The van der Waals surface area contributed by atoms with E-state index in [2.05, 4.69) is 6.92 Å². The number of unbranched alkanes of at least 4 members (excludes halogenated alkanes) is 2. The van der Waals surface area contributed by atoms with Gasteiger partial charge in [0.25, 0.3) is 0 Å². The number of carbonyl (C=O) groups excluding carboxylic acids is 2. The Bertz CT molecular complexity index is 669. The van der Waals surface area contributed by atoms with Gasteiger partial charge in [-0.25, -0.2) is 4.79 Å². The Hall–Kier alpha value is -2.14. The van der Waals surface area contributed by atoms with Crippen LogP contribution in [-0.4, -0.2) is 35.4 Å². The second-order valence-corrected chi connectivity index (χ2v) is 7.47. The number of aliphatic hydroxyl groups excluding tert-OH is 1. The molecule has 2 aliphatic rings. The van der Waals surface area contributed by atoms with E-state index < -0.39 is 6.10 Å². The highest BCUT2D eigenvalue weighted by molar-refractivity contribution is 5.89. The summed E-state index contributed by atoms with van der Waals surface area (Å²) in [6.07, 6.45) is 7.39. The molecule has 1 saturated heterocycles. The summed E-state index contributed by atoms with van der Waals surface area (Å²) in [5, 5.41) is 10.2. The number of carbonyl (C=O) groups is 2. The number of ether oxygens (including phenoxy) is 2. The van der Waals surface area contributed by atoms with E-state index in [1.165, 1.54) is 0 Å². The summed E-state index contributed by atoms with van der Waals surface area (Å²) in [4.78, 5) is 24.1. The SMILES string of the molecule is CCCCC[C@@H](O)/C=C/C1C(OC(=O)c2ccccc2)CC2OC(=O)CC21. The molecule has 1 aliphatic carbocycles. The van der Waals surface area contributed by atoms with Gasteiger partial charge in [-0.1, -0.05) is 56.5 Å². The first kappa shape index (κ1) is 19.6. The maximum absolute atomic E-state index is 12.4. The summed E-state index contributed by atoms with van der Waals surface area (Å²) in [5.74, 6) is -0.673.